The lowest BCUT2D eigenvalue weighted by atomic mass is 10.1. The zero-order valence-electron chi connectivity index (χ0n) is 13.8. The first-order chi connectivity index (χ1) is 10.9. The van der Waals surface area contributed by atoms with E-state index in [0.717, 1.165) is 11.3 Å². The Morgan fingerprint density at radius 3 is 2.48 bits per heavy atom. The Morgan fingerprint density at radius 2 is 1.83 bits per heavy atom. The molecule has 5 heteroatoms. The fraction of sp³-hybridized carbons (Fsp3) is 0.278. The molecule has 0 aliphatic heterocycles. The standard InChI is InChI=1S/C18H21ClN2O2/c1-11-5-6-14(7-12(11)2)20-10-18(22)21-16-8-13(3)15(19)9-17(16)23-4/h5-9,20H,10H2,1-4H3,(H,21,22). The molecule has 0 aliphatic rings. The maximum Gasteiger partial charge on any atom is 0.243 e. The molecule has 122 valence electrons. The molecule has 0 atom stereocenters. The molecule has 0 saturated carbocycles. The first kappa shape index (κ1) is 17.2. The number of ether oxygens (including phenoxy) is 1. The predicted molar refractivity (Wildman–Crippen MR) is 95.8 cm³/mol. The molecule has 0 aromatic heterocycles. The van der Waals surface area contributed by atoms with Crippen molar-refractivity contribution in [1.82, 2.24) is 0 Å². The van der Waals surface area contributed by atoms with Gasteiger partial charge in [0.05, 0.1) is 19.3 Å². The fourth-order valence-electron chi connectivity index (χ4n) is 2.16. The summed E-state index contributed by atoms with van der Waals surface area (Å²) in [6.07, 6.45) is 0. The molecule has 0 heterocycles. The molecule has 2 aromatic rings. The van der Waals surface area contributed by atoms with Gasteiger partial charge in [0.15, 0.2) is 0 Å². The lowest BCUT2D eigenvalue weighted by Gasteiger charge is -2.13. The molecule has 0 aliphatic carbocycles. The summed E-state index contributed by atoms with van der Waals surface area (Å²) in [5.41, 5.74) is 4.82. The summed E-state index contributed by atoms with van der Waals surface area (Å²) in [6.45, 7) is 6.15. The van der Waals surface area contributed by atoms with Crippen molar-refractivity contribution in [3.05, 3.63) is 52.0 Å². The van der Waals surface area contributed by atoms with E-state index in [2.05, 4.69) is 17.6 Å². The van der Waals surface area contributed by atoms with Gasteiger partial charge in [-0.25, -0.2) is 0 Å². The van der Waals surface area contributed by atoms with Crippen molar-refractivity contribution < 1.29 is 9.53 Å². The highest BCUT2D eigenvalue weighted by Gasteiger charge is 2.10. The lowest BCUT2D eigenvalue weighted by Crippen LogP contribution is -2.22. The summed E-state index contributed by atoms with van der Waals surface area (Å²) >= 11 is 6.06. The topological polar surface area (TPSA) is 50.4 Å². The van der Waals surface area contributed by atoms with Crippen LogP contribution in [0.25, 0.3) is 0 Å². The highest BCUT2D eigenvalue weighted by atomic mass is 35.5. The minimum atomic E-state index is -0.150. The number of anilines is 2. The summed E-state index contributed by atoms with van der Waals surface area (Å²) in [7, 11) is 1.55. The van der Waals surface area contributed by atoms with Gasteiger partial charge >= 0.3 is 0 Å². The van der Waals surface area contributed by atoms with Crippen LogP contribution in [-0.4, -0.2) is 19.6 Å². The van der Waals surface area contributed by atoms with Crippen LogP contribution in [0.1, 0.15) is 16.7 Å². The molecular weight excluding hydrogens is 312 g/mol. The molecule has 23 heavy (non-hydrogen) atoms. The number of hydrogen-bond acceptors (Lipinski definition) is 3. The number of rotatable bonds is 5. The average Bonchev–Trinajstić information content (AvgIpc) is 2.52. The quantitative estimate of drug-likeness (QED) is 0.857. The number of benzene rings is 2. The number of carbonyl (C=O) groups is 1. The predicted octanol–water partition coefficient (Wildman–Crippen LogP) is 4.32. The Kier molecular flexibility index (Phi) is 5.50. The number of hydrogen-bond donors (Lipinski definition) is 2. The second-order valence-corrected chi connectivity index (χ2v) is 5.91. The molecule has 0 bridgehead atoms. The van der Waals surface area contributed by atoms with Crippen molar-refractivity contribution in [2.24, 2.45) is 0 Å². The third-order valence-electron chi connectivity index (χ3n) is 3.71. The highest BCUT2D eigenvalue weighted by molar-refractivity contribution is 6.31. The first-order valence-electron chi connectivity index (χ1n) is 7.36. The number of nitrogens with one attached hydrogen (secondary N) is 2. The summed E-state index contributed by atoms with van der Waals surface area (Å²) in [6, 6.07) is 9.51. The van der Waals surface area contributed by atoms with Crippen molar-refractivity contribution in [3.8, 4) is 5.75 Å². The Bertz CT molecular complexity index is 729. The van der Waals surface area contributed by atoms with Crippen LogP contribution in [-0.2, 0) is 4.79 Å². The molecule has 4 nitrogen and oxygen atoms in total. The van der Waals surface area contributed by atoms with Crippen LogP contribution < -0.4 is 15.4 Å². The van der Waals surface area contributed by atoms with Gasteiger partial charge in [-0.15, -0.1) is 0 Å². The average molecular weight is 333 g/mol. The van der Waals surface area contributed by atoms with Crippen LogP contribution in [0.15, 0.2) is 30.3 Å². The smallest absolute Gasteiger partial charge is 0.243 e. The monoisotopic (exact) mass is 332 g/mol. The van der Waals surface area contributed by atoms with Gasteiger partial charge in [-0.2, -0.15) is 0 Å². The number of amides is 1. The SMILES string of the molecule is COc1cc(Cl)c(C)cc1NC(=O)CNc1ccc(C)c(C)c1. The van der Waals surface area contributed by atoms with Crippen molar-refractivity contribution in [2.45, 2.75) is 20.8 Å². The summed E-state index contributed by atoms with van der Waals surface area (Å²) < 4.78 is 5.25. The van der Waals surface area contributed by atoms with E-state index in [9.17, 15) is 4.79 Å². The second-order valence-electron chi connectivity index (χ2n) is 5.50. The lowest BCUT2D eigenvalue weighted by molar-refractivity contribution is -0.114. The van der Waals surface area contributed by atoms with Gasteiger partial charge in [-0.3, -0.25) is 4.79 Å². The van der Waals surface area contributed by atoms with Crippen LogP contribution in [0.3, 0.4) is 0 Å². The first-order valence-corrected chi connectivity index (χ1v) is 7.73. The molecule has 0 spiro atoms. The van der Waals surface area contributed by atoms with E-state index in [0.29, 0.717) is 16.5 Å². The van der Waals surface area contributed by atoms with Crippen molar-refractivity contribution in [3.63, 3.8) is 0 Å². The molecule has 0 unspecified atom stereocenters. The maximum absolute atomic E-state index is 12.1. The molecular formula is C18H21ClN2O2. The van der Waals surface area contributed by atoms with E-state index in [4.69, 9.17) is 16.3 Å². The Hall–Kier alpha value is -2.20. The van der Waals surface area contributed by atoms with Crippen LogP contribution >= 0.6 is 11.6 Å². The zero-order chi connectivity index (χ0) is 17.0. The van der Waals surface area contributed by atoms with Gasteiger partial charge in [0.1, 0.15) is 5.75 Å². The van der Waals surface area contributed by atoms with Crippen LogP contribution in [0.4, 0.5) is 11.4 Å². The minimum absolute atomic E-state index is 0.150. The van der Waals surface area contributed by atoms with E-state index < -0.39 is 0 Å². The number of carbonyl (C=O) groups excluding carboxylic acids is 1. The fourth-order valence-corrected chi connectivity index (χ4v) is 2.31. The Labute approximate surface area is 141 Å². The van der Waals surface area contributed by atoms with Gasteiger partial charge in [0.2, 0.25) is 5.91 Å². The van der Waals surface area contributed by atoms with Gasteiger partial charge in [0.25, 0.3) is 0 Å². The number of aryl methyl sites for hydroxylation is 3. The summed E-state index contributed by atoms with van der Waals surface area (Å²) in [4.78, 5) is 12.1. The largest absolute Gasteiger partial charge is 0.495 e. The summed E-state index contributed by atoms with van der Waals surface area (Å²) in [5.74, 6) is 0.392. The van der Waals surface area contributed by atoms with Crippen molar-refractivity contribution >= 4 is 28.9 Å². The molecule has 1 amide bonds. The van der Waals surface area contributed by atoms with E-state index >= 15 is 0 Å². The molecule has 0 fully saturated rings. The minimum Gasteiger partial charge on any atom is -0.495 e. The normalized spacial score (nSPS) is 10.3. The van der Waals surface area contributed by atoms with E-state index in [1.54, 1.807) is 19.2 Å². The second kappa shape index (κ2) is 7.38. The molecule has 0 radical (unpaired) electrons. The number of halogens is 1. The van der Waals surface area contributed by atoms with E-state index in [1.165, 1.54) is 11.1 Å². The highest BCUT2D eigenvalue weighted by Crippen LogP contribution is 2.30. The molecule has 2 rings (SSSR count). The van der Waals surface area contributed by atoms with Gasteiger partial charge in [-0.1, -0.05) is 17.7 Å². The van der Waals surface area contributed by atoms with Gasteiger partial charge < -0.3 is 15.4 Å². The molecule has 2 N–H and O–H groups in total. The van der Waals surface area contributed by atoms with Crippen molar-refractivity contribution in [1.29, 1.82) is 0 Å². The van der Waals surface area contributed by atoms with E-state index in [1.807, 2.05) is 32.0 Å². The van der Waals surface area contributed by atoms with E-state index in [-0.39, 0.29) is 12.5 Å². The summed E-state index contributed by atoms with van der Waals surface area (Å²) in [5, 5.41) is 6.56. The molecule has 2 aromatic carbocycles. The van der Waals surface area contributed by atoms with Gasteiger partial charge in [-0.05, 0) is 55.7 Å². The van der Waals surface area contributed by atoms with Crippen LogP contribution in [0.2, 0.25) is 5.02 Å². The molecule has 0 saturated heterocycles. The third-order valence-corrected chi connectivity index (χ3v) is 4.12. The third kappa shape index (κ3) is 4.39. The van der Waals surface area contributed by atoms with Crippen LogP contribution in [0.5, 0.6) is 5.75 Å². The van der Waals surface area contributed by atoms with Crippen molar-refractivity contribution in [2.75, 3.05) is 24.3 Å². The number of methoxy groups -OCH3 is 1. The Balaban J connectivity index is 2.02. The maximum atomic E-state index is 12.1. The zero-order valence-corrected chi connectivity index (χ0v) is 14.5. The van der Waals surface area contributed by atoms with Crippen LogP contribution in [0, 0.1) is 20.8 Å². The Morgan fingerprint density at radius 1 is 1.09 bits per heavy atom. The van der Waals surface area contributed by atoms with Gasteiger partial charge in [0, 0.05) is 16.8 Å².